The number of nitrogens with zero attached hydrogens (tertiary/aromatic N) is 4. The Hall–Kier alpha value is -3.39. The zero-order valence-corrected chi connectivity index (χ0v) is 19.3. The summed E-state index contributed by atoms with van der Waals surface area (Å²) in [7, 11) is 1.64. The molecule has 3 N–H and O–H groups in total. The number of fused-ring (bicyclic) bond motifs is 1. The molecule has 4 heterocycles. The van der Waals surface area contributed by atoms with Crippen LogP contribution in [0.15, 0.2) is 24.5 Å². The van der Waals surface area contributed by atoms with E-state index in [-0.39, 0.29) is 0 Å². The van der Waals surface area contributed by atoms with Crippen molar-refractivity contribution in [2.24, 2.45) is 0 Å². The highest BCUT2D eigenvalue weighted by molar-refractivity contribution is 5.84. The summed E-state index contributed by atoms with van der Waals surface area (Å²) in [6, 6.07) is 6.11. The number of ether oxygens (including phenoxy) is 3. The highest BCUT2D eigenvalue weighted by Crippen LogP contribution is 2.29. The van der Waals surface area contributed by atoms with E-state index in [1.807, 2.05) is 18.2 Å². The van der Waals surface area contributed by atoms with Gasteiger partial charge >= 0.3 is 0 Å². The molecule has 34 heavy (non-hydrogen) atoms. The van der Waals surface area contributed by atoms with Gasteiger partial charge < -0.3 is 29.8 Å². The fraction of sp³-hybridized carbons (Fsp3) is 0.458. The summed E-state index contributed by atoms with van der Waals surface area (Å²) in [6.45, 7) is 5.62. The molecular weight excluding hydrogens is 434 g/mol. The van der Waals surface area contributed by atoms with Crippen LogP contribution in [0.5, 0.6) is 5.75 Å². The Bertz CT molecular complexity index is 1170. The van der Waals surface area contributed by atoms with E-state index in [0.717, 1.165) is 81.5 Å². The van der Waals surface area contributed by atoms with Crippen molar-refractivity contribution in [3.05, 3.63) is 30.1 Å². The molecular formula is C24H29N7O3. The van der Waals surface area contributed by atoms with E-state index in [0.29, 0.717) is 23.4 Å². The van der Waals surface area contributed by atoms with Gasteiger partial charge in [0.2, 0.25) is 5.95 Å². The summed E-state index contributed by atoms with van der Waals surface area (Å²) in [5, 5.41) is 6.80. The maximum absolute atomic E-state index is 5.61. The van der Waals surface area contributed by atoms with Gasteiger partial charge in [0.25, 0.3) is 0 Å². The predicted molar refractivity (Wildman–Crippen MR) is 130 cm³/mol. The van der Waals surface area contributed by atoms with Gasteiger partial charge in [0.05, 0.1) is 38.9 Å². The molecule has 10 nitrogen and oxygen atoms in total. The van der Waals surface area contributed by atoms with Crippen molar-refractivity contribution in [3.63, 3.8) is 0 Å². The van der Waals surface area contributed by atoms with Crippen LogP contribution in [0.2, 0.25) is 0 Å². The van der Waals surface area contributed by atoms with Crippen LogP contribution < -0.4 is 15.4 Å². The normalized spacial score (nSPS) is 17.2. The second-order valence-electron chi connectivity index (χ2n) is 8.26. The van der Waals surface area contributed by atoms with Crippen LogP contribution in [0.25, 0.3) is 11.2 Å². The molecule has 0 unspecified atom stereocenters. The lowest BCUT2D eigenvalue weighted by molar-refractivity contribution is 0.0443. The number of morpholine rings is 1. The van der Waals surface area contributed by atoms with Crippen LogP contribution in [0.1, 0.15) is 18.4 Å². The number of benzene rings is 1. The van der Waals surface area contributed by atoms with Gasteiger partial charge in [-0.15, -0.1) is 0 Å². The number of hydrogen-bond donors (Lipinski definition) is 3. The minimum absolute atomic E-state index is 0.299. The molecule has 10 heteroatoms. The quantitative estimate of drug-likeness (QED) is 0.475. The molecule has 0 amide bonds. The number of rotatable bonds is 6. The number of aromatic nitrogens is 4. The third kappa shape index (κ3) is 5.39. The van der Waals surface area contributed by atoms with Crippen molar-refractivity contribution in [2.75, 3.05) is 63.8 Å². The molecule has 5 rings (SSSR count). The van der Waals surface area contributed by atoms with Crippen LogP contribution in [-0.4, -0.2) is 84.0 Å². The summed E-state index contributed by atoms with van der Waals surface area (Å²) in [5.74, 6) is 8.31. The van der Waals surface area contributed by atoms with Crippen molar-refractivity contribution in [2.45, 2.75) is 18.9 Å². The van der Waals surface area contributed by atoms with E-state index < -0.39 is 0 Å². The standard InChI is InChI=1S/C24H29N7O3/c1-32-20-15-17(3-2-8-31-9-13-34-14-10-31)4-5-19(20)28-24-29-22-21(25-16-26-22)23(30-24)27-18-6-11-33-12-7-18/h4-5,15-16,18H,6-14H2,1H3,(H3,25,26,27,28,29,30). The van der Waals surface area contributed by atoms with Crippen LogP contribution in [0.4, 0.5) is 17.5 Å². The fourth-order valence-electron chi connectivity index (χ4n) is 4.03. The Morgan fingerprint density at radius 1 is 1.15 bits per heavy atom. The SMILES string of the molecule is COc1cc(C#CCN2CCOCC2)ccc1Nc1nc(NC2CCOCC2)c2[nH]cnc2n1. The molecule has 0 spiro atoms. The lowest BCUT2D eigenvalue weighted by Crippen LogP contribution is -2.36. The van der Waals surface area contributed by atoms with Gasteiger partial charge in [-0.05, 0) is 31.0 Å². The predicted octanol–water partition coefficient (Wildman–Crippen LogP) is 2.38. The van der Waals surface area contributed by atoms with E-state index in [1.165, 1.54) is 0 Å². The van der Waals surface area contributed by atoms with Gasteiger partial charge in [0.1, 0.15) is 11.3 Å². The number of methoxy groups -OCH3 is 1. The summed E-state index contributed by atoms with van der Waals surface area (Å²) in [6.07, 6.45) is 3.50. The molecule has 0 atom stereocenters. The Morgan fingerprint density at radius 3 is 2.79 bits per heavy atom. The maximum atomic E-state index is 5.61. The number of hydrogen-bond acceptors (Lipinski definition) is 9. The number of imidazole rings is 1. The third-order valence-corrected chi connectivity index (χ3v) is 5.93. The largest absolute Gasteiger partial charge is 0.495 e. The van der Waals surface area contributed by atoms with E-state index in [2.05, 4.69) is 42.3 Å². The molecule has 2 aliphatic rings. The zero-order valence-electron chi connectivity index (χ0n) is 19.3. The first-order valence-electron chi connectivity index (χ1n) is 11.6. The van der Waals surface area contributed by atoms with Crippen LogP contribution in [0.3, 0.4) is 0 Å². The van der Waals surface area contributed by atoms with Crippen LogP contribution in [0, 0.1) is 11.8 Å². The molecule has 1 aromatic carbocycles. The second-order valence-corrected chi connectivity index (χ2v) is 8.26. The lowest BCUT2D eigenvalue weighted by atomic mass is 10.1. The Balaban J connectivity index is 1.32. The number of H-pyrrole nitrogens is 1. The topological polar surface area (TPSA) is 109 Å². The zero-order chi connectivity index (χ0) is 23.2. The molecule has 178 valence electrons. The first-order valence-corrected chi connectivity index (χ1v) is 11.6. The average molecular weight is 464 g/mol. The Kier molecular flexibility index (Phi) is 7.05. The highest BCUT2D eigenvalue weighted by Gasteiger charge is 2.18. The number of nitrogens with one attached hydrogen (secondary N) is 3. The van der Waals surface area contributed by atoms with Gasteiger partial charge in [-0.2, -0.15) is 9.97 Å². The fourth-order valence-corrected chi connectivity index (χ4v) is 4.03. The van der Waals surface area contributed by atoms with E-state index >= 15 is 0 Å². The van der Waals surface area contributed by atoms with Gasteiger partial charge in [0, 0.05) is 37.9 Å². The van der Waals surface area contributed by atoms with E-state index in [9.17, 15) is 0 Å². The summed E-state index contributed by atoms with van der Waals surface area (Å²) < 4.78 is 16.5. The van der Waals surface area contributed by atoms with Crippen molar-refractivity contribution in [1.29, 1.82) is 0 Å². The van der Waals surface area contributed by atoms with E-state index in [4.69, 9.17) is 19.2 Å². The molecule has 0 bridgehead atoms. The second kappa shape index (κ2) is 10.7. The van der Waals surface area contributed by atoms with Gasteiger partial charge in [0.15, 0.2) is 11.5 Å². The molecule has 0 aliphatic carbocycles. The van der Waals surface area contributed by atoms with Crippen LogP contribution >= 0.6 is 0 Å². The third-order valence-electron chi connectivity index (χ3n) is 5.93. The van der Waals surface area contributed by atoms with Crippen LogP contribution in [-0.2, 0) is 9.47 Å². The first kappa shape index (κ1) is 22.4. The number of aromatic amines is 1. The monoisotopic (exact) mass is 463 g/mol. The van der Waals surface area contributed by atoms with Gasteiger partial charge in [-0.1, -0.05) is 11.8 Å². The smallest absolute Gasteiger partial charge is 0.231 e. The molecule has 2 fully saturated rings. The van der Waals surface area contributed by atoms with Crippen molar-refractivity contribution >= 4 is 28.6 Å². The van der Waals surface area contributed by atoms with Crippen molar-refractivity contribution in [1.82, 2.24) is 24.8 Å². The molecule has 0 saturated carbocycles. The minimum Gasteiger partial charge on any atom is -0.495 e. The molecule has 0 radical (unpaired) electrons. The number of anilines is 3. The van der Waals surface area contributed by atoms with Crippen molar-refractivity contribution < 1.29 is 14.2 Å². The molecule has 2 aromatic heterocycles. The van der Waals surface area contributed by atoms with E-state index in [1.54, 1.807) is 13.4 Å². The first-order chi connectivity index (χ1) is 16.8. The molecule has 2 aliphatic heterocycles. The van der Waals surface area contributed by atoms with Gasteiger partial charge in [-0.25, -0.2) is 4.98 Å². The maximum Gasteiger partial charge on any atom is 0.231 e. The summed E-state index contributed by atoms with van der Waals surface area (Å²) >= 11 is 0. The average Bonchev–Trinajstić information content (AvgIpc) is 3.35. The van der Waals surface area contributed by atoms with Gasteiger partial charge in [-0.3, -0.25) is 4.90 Å². The minimum atomic E-state index is 0.299. The summed E-state index contributed by atoms with van der Waals surface area (Å²) in [5.41, 5.74) is 3.03. The lowest BCUT2D eigenvalue weighted by Gasteiger charge is -2.24. The molecule has 3 aromatic rings. The molecule has 2 saturated heterocycles. The highest BCUT2D eigenvalue weighted by atomic mass is 16.5. The Morgan fingerprint density at radius 2 is 1.97 bits per heavy atom. The van der Waals surface area contributed by atoms with Crippen molar-refractivity contribution in [3.8, 4) is 17.6 Å². The Labute approximate surface area is 198 Å². The summed E-state index contributed by atoms with van der Waals surface area (Å²) in [4.78, 5) is 19.0.